The van der Waals surface area contributed by atoms with Gasteiger partial charge in [0, 0.05) is 35.8 Å². The van der Waals surface area contributed by atoms with Gasteiger partial charge in [0.15, 0.2) is 0 Å². The van der Waals surface area contributed by atoms with Crippen LogP contribution in [0.25, 0.3) is 0 Å². The number of hydrogen-bond acceptors (Lipinski definition) is 4. The zero-order valence-electron chi connectivity index (χ0n) is 14.5. The Balaban J connectivity index is 1.78. The highest BCUT2D eigenvalue weighted by Crippen LogP contribution is 2.23. The summed E-state index contributed by atoms with van der Waals surface area (Å²) < 4.78 is 6.75. The van der Waals surface area contributed by atoms with Crippen molar-refractivity contribution in [2.24, 2.45) is 0 Å². The summed E-state index contributed by atoms with van der Waals surface area (Å²) in [6, 6.07) is 16.4. The molecule has 1 amide bonds. The van der Waals surface area contributed by atoms with E-state index in [1.807, 2.05) is 41.8 Å². The van der Waals surface area contributed by atoms with Gasteiger partial charge >= 0.3 is 0 Å². The normalized spacial score (nSPS) is 10.5. The number of pyridine rings is 1. The average Bonchev–Trinajstić information content (AvgIpc) is 3.19. The molecule has 0 atom stereocenters. The number of thiophene rings is 1. The van der Waals surface area contributed by atoms with Crippen LogP contribution in [0.4, 0.5) is 5.69 Å². The first kappa shape index (κ1) is 17.9. The molecule has 0 aliphatic heterocycles. The lowest BCUT2D eigenvalue weighted by molar-refractivity contribution is -0.119. The summed E-state index contributed by atoms with van der Waals surface area (Å²) in [6.07, 6.45) is 1.95. The van der Waals surface area contributed by atoms with Gasteiger partial charge in [0.25, 0.3) is 5.56 Å². The average molecular weight is 368 g/mol. The molecule has 0 unspecified atom stereocenters. The monoisotopic (exact) mass is 368 g/mol. The number of nitrogens with zero attached hydrogens (tertiary/aromatic N) is 2. The summed E-state index contributed by atoms with van der Waals surface area (Å²) in [5.74, 6) is 0.715. The Morgan fingerprint density at radius 2 is 1.92 bits per heavy atom. The van der Waals surface area contributed by atoms with Crippen molar-refractivity contribution in [2.75, 3.05) is 12.0 Å². The molecule has 0 aliphatic rings. The zero-order valence-corrected chi connectivity index (χ0v) is 15.3. The predicted molar refractivity (Wildman–Crippen MR) is 104 cm³/mol. The van der Waals surface area contributed by atoms with Gasteiger partial charge in [0.05, 0.1) is 13.7 Å². The molecule has 26 heavy (non-hydrogen) atoms. The predicted octanol–water partition coefficient (Wildman–Crippen LogP) is 3.54. The van der Waals surface area contributed by atoms with Crippen molar-refractivity contribution in [3.05, 3.63) is 81.4 Å². The van der Waals surface area contributed by atoms with Crippen molar-refractivity contribution in [2.45, 2.75) is 19.5 Å². The van der Waals surface area contributed by atoms with E-state index in [-0.39, 0.29) is 17.9 Å². The standard InChI is InChI=1S/C20H20N2O3S/c1-25-17-9-7-16(8-10-17)22(15-18-5-4-14-26-18)20(24)11-13-21-12-3-2-6-19(21)23/h2-10,12,14H,11,13,15H2,1H3. The molecule has 0 N–H and O–H groups in total. The van der Waals surface area contributed by atoms with Gasteiger partial charge in [-0.15, -0.1) is 11.3 Å². The number of amides is 1. The Labute approximate surface area is 156 Å². The van der Waals surface area contributed by atoms with Crippen molar-refractivity contribution >= 4 is 22.9 Å². The number of carbonyl (C=O) groups excluding carboxylic acids is 1. The van der Waals surface area contributed by atoms with Crippen LogP contribution < -0.4 is 15.2 Å². The highest BCUT2D eigenvalue weighted by atomic mass is 32.1. The molecule has 3 aromatic rings. The molecule has 0 fully saturated rings. The molecule has 5 nitrogen and oxygen atoms in total. The van der Waals surface area contributed by atoms with Crippen LogP contribution in [-0.2, 0) is 17.9 Å². The highest BCUT2D eigenvalue weighted by molar-refractivity contribution is 7.09. The van der Waals surface area contributed by atoms with Gasteiger partial charge in [-0.1, -0.05) is 12.1 Å². The van der Waals surface area contributed by atoms with Crippen LogP contribution in [0.5, 0.6) is 5.75 Å². The maximum atomic E-state index is 12.9. The van der Waals surface area contributed by atoms with Crippen LogP contribution in [0.2, 0.25) is 0 Å². The van der Waals surface area contributed by atoms with Crippen LogP contribution in [-0.4, -0.2) is 17.6 Å². The maximum absolute atomic E-state index is 12.9. The Morgan fingerprint density at radius 1 is 1.12 bits per heavy atom. The molecule has 1 aromatic carbocycles. The Bertz CT molecular complexity index is 901. The van der Waals surface area contributed by atoms with E-state index in [2.05, 4.69) is 0 Å². The van der Waals surface area contributed by atoms with Crippen LogP contribution >= 0.6 is 11.3 Å². The third-order valence-corrected chi connectivity index (χ3v) is 4.91. The van der Waals surface area contributed by atoms with E-state index in [1.165, 1.54) is 6.07 Å². The number of rotatable bonds is 7. The minimum absolute atomic E-state index is 0.0284. The molecular formula is C20H20N2O3S. The number of carbonyl (C=O) groups is 1. The van der Waals surface area contributed by atoms with Gasteiger partial charge in [0.2, 0.25) is 5.91 Å². The first-order valence-corrected chi connectivity index (χ1v) is 9.17. The second-order valence-electron chi connectivity index (χ2n) is 5.74. The highest BCUT2D eigenvalue weighted by Gasteiger charge is 2.17. The van der Waals surface area contributed by atoms with Crippen molar-refractivity contribution < 1.29 is 9.53 Å². The summed E-state index contributed by atoms with van der Waals surface area (Å²) in [6.45, 7) is 0.863. The fourth-order valence-electron chi connectivity index (χ4n) is 2.64. The molecule has 0 spiro atoms. The van der Waals surface area contributed by atoms with Crippen molar-refractivity contribution in [1.82, 2.24) is 4.57 Å². The summed E-state index contributed by atoms with van der Waals surface area (Å²) >= 11 is 1.61. The molecule has 134 valence electrons. The van der Waals surface area contributed by atoms with E-state index in [0.717, 1.165) is 16.3 Å². The van der Waals surface area contributed by atoms with E-state index in [9.17, 15) is 9.59 Å². The lowest BCUT2D eigenvalue weighted by Gasteiger charge is -2.23. The first-order chi connectivity index (χ1) is 12.7. The van der Waals surface area contributed by atoms with Gasteiger partial charge < -0.3 is 14.2 Å². The SMILES string of the molecule is COc1ccc(N(Cc2cccs2)C(=O)CCn2ccccc2=O)cc1. The van der Waals surface area contributed by atoms with E-state index in [0.29, 0.717) is 13.1 Å². The molecule has 0 saturated heterocycles. The van der Waals surface area contributed by atoms with Gasteiger partial charge in [-0.3, -0.25) is 9.59 Å². The molecule has 6 heteroatoms. The number of hydrogen-bond donors (Lipinski definition) is 0. The zero-order chi connectivity index (χ0) is 18.4. The largest absolute Gasteiger partial charge is 0.497 e. The topological polar surface area (TPSA) is 51.5 Å². The minimum Gasteiger partial charge on any atom is -0.497 e. The molecule has 0 radical (unpaired) electrons. The Morgan fingerprint density at radius 3 is 2.58 bits per heavy atom. The molecule has 0 bridgehead atoms. The molecule has 2 aromatic heterocycles. The van der Waals surface area contributed by atoms with E-state index in [1.54, 1.807) is 46.2 Å². The van der Waals surface area contributed by atoms with E-state index < -0.39 is 0 Å². The smallest absolute Gasteiger partial charge is 0.250 e. The van der Waals surface area contributed by atoms with Crippen molar-refractivity contribution in [1.29, 1.82) is 0 Å². The fraction of sp³-hybridized carbons (Fsp3) is 0.200. The second kappa shape index (κ2) is 8.49. The van der Waals surface area contributed by atoms with Crippen LogP contribution in [0.15, 0.2) is 71.0 Å². The maximum Gasteiger partial charge on any atom is 0.250 e. The quantitative estimate of drug-likeness (QED) is 0.641. The summed E-state index contributed by atoms with van der Waals surface area (Å²) in [5, 5.41) is 2.00. The second-order valence-corrected chi connectivity index (χ2v) is 6.77. The van der Waals surface area contributed by atoms with Crippen LogP contribution in [0, 0.1) is 0 Å². The lowest BCUT2D eigenvalue weighted by Crippen LogP contribution is -2.31. The number of methoxy groups -OCH3 is 1. The summed E-state index contributed by atoms with van der Waals surface area (Å²) in [7, 11) is 1.61. The summed E-state index contributed by atoms with van der Waals surface area (Å²) in [4.78, 5) is 27.6. The van der Waals surface area contributed by atoms with Gasteiger partial charge in [0.1, 0.15) is 5.75 Å². The van der Waals surface area contributed by atoms with Gasteiger partial charge in [-0.25, -0.2) is 0 Å². The molecule has 0 saturated carbocycles. The molecule has 3 rings (SSSR count). The Kier molecular flexibility index (Phi) is 5.86. The molecule has 0 aliphatic carbocycles. The third-order valence-electron chi connectivity index (χ3n) is 4.04. The van der Waals surface area contributed by atoms with Gasteiger partial charge in [-0.2, -0.15) is 0 Å². The number of aryl methyl sites for hydroxylation is 1. The number of ether oxygens (including phenoxy) is 1. The van der Waals surface area contributed by atoms with Crippen molar-refractivity contribution in [3.63, 3.8) is 0 Å². The Hall–Kier alpha value is -2.86. The molecule has 2 heterocycles. The first-order valence-electron chi connectivity index (χ1n) is 8.29. The van der Waals surface area contributed by atoms with Crippen molar-refractivity contribution in [3.8, 4) is 5.75 Å². The number of aromatic nitrogens is 1. The summed E-state index contributed by atoms with van der Waals surface area (Å²) in [5.41, 5.74) is 0.708. The fourth-order valence-corrected chi connectivity index (χ4v) is 3.33. The lowest BCUT2D eigenvalue weighted by atomic mass is 10.2. The minimum atomic E-state index is -0.102. The number of anilines is 1. The van der Waals surface area contributed by atoms with Gasteiger partial charge in [-0.05, 0) is 41.8 Å². The van der Waals surface area contributed by atoms with E-state index >= 15 is 0 Å². The molecular weight excluding hydrogens is 348 g/mol. The van der Waals surface area contributed by atoms with E-state index in [4.69, 9.17) is 4.74 Å². The van der Waals surface area contributed by atoms with Crippen LogP contribution in [0.1, 0.15) is 11.3 Å². The van der Waals surface area contributed by atoms with Crippen LogP contribution in [0.3, 0.4) is 0 Å². The third kappa shape index (κ3) is 4.40. The number of benzene rings is 1.